The van der Waals surface area contributed by atoms with E-state index in [0.29, 0.717) is 0 Å². The lowest BCUT2D eigenvalue weighted by Crippen LogP contribution is -2.43. The third-order valence-corrected chi connectivity index (χ3v) is 5.79. The maximum absolute atomic E-state index is 13.0. The van der Waals surface area contributed by atoms with Crippen LogP contribution in [0, 0.1) is 10.1 Å². The lowest BCUT2D eigenvalue weighted by molar-refractivity contribution is -0.385. The van der Waals surface area contributed by atoms with Gasteiger partial charge in [0.1, 0.15) is 6.04 Å². The summed E-state index contributed by atoms with van der Waals surface area (Å²) in [6, 6.07) is 9.59. The maximum Gasteiger partial charge on any atom is 0.327 e. The average Bonchev–Trinajstić information content (AvgIpc) is 2.62. The van der Waals surface area contributed by atoms with E-state index in [1.165, 1.54) is 37.3 Å². The van der Waals surface area contributed by atoms with E-state index in [1.54, 1.807) is 12.1 Å². The molecule has 0 amide bonds. The molecule has 0 heterocycles. The maximum atomic E-state index is 13.0. The Hall–Kier alpha value is -2.94. The minimum absolute atomic E-state index is 0.170. The molecule has 0 bridgehead atoms. The molecule has 0 aliphatic rings. The average molecular weight is 378 g/mol. The van der Waals surface area contributed by atoms with E-state index in [0.717, 1.165) is 22.4 Å². The molecule has 138 valence electrons. The second kappa shape index (κ2) is 7.52. The van der Waals surface area contributed by atoms with Gasteiger partial charge < -0.3 is 5.11 Å². The lowest BCUT2D eigenvalue weighted by atomic mass is 10.1. The van der Waals surface area contributed by atoms with Crippen LogP contribution < -0.4 is 4.31 Å². The van der Waals surface area contributed by atoms with Crippen molar-refractivity contribution in [2.75, 3.05) is 4.31 Å². The zero-order chi connectivity index (χ0) is 19.5. The quantitative estimate of drug-likeness (QED) is 0.585. The number of nitro benzene ring substituents is 1. The van der Waals surface area contributed by atoms with E-state index in [2.05, 4.69) is 0 Å². The van der Waals surface area contributed by atoms with E-state index < -0.39 is 32.6 Å². The van der Waals surface area contributed by atoms with Gasteiger partial charge in [0.25, 0.3) is 15.7 Å². The number of hydrogen-bond donors (Lipinski definition) is 1. The van der Waals surface area contributed by atoms with Gasteiger partial charge in [-0.2, -0.15) is 0 Å². The van der Waals surface area contributed by atoms with Gasteiger partial charge >= 0.3 is 5.97 Å². The minimum Gasteiger partial charge on any atom is -0.480 e. The molecular formula is C17H18N2O6S. The number of nitro groups is 1. The van der Waals surface area contributed by atoms with Crippen LogP contribution in [-0.2, 0) is 21.2 Å². The SMILES string of the molecule is CCc1ccc(N(C(C)C(=O)O)S(=O)(=O)c2cccc([N+](=O)[O-])c2)cc1. The molecule has 0 aromatic heterocycles. The topological polar surface area (TPSA) is 118 Å². The predicted octanol–water partition coefficient (Wildman–Crippen LogP) is 2.83. The number of nitrogens with zero attached hydrogens (tertiary/aromatic N) is 2. The molecule has 2 rings (SSSR count). The normalized spacial score (nSPS) is 12.4. The van der Waals surface area contributed by atoms with Gasteiger partial charge in [-0.15, -0.1) is 0 Å². The van der Waals surface area contributed by atoms with Gasteiger partial charge in [-0.25, -0.2) is 13.2 Å². The van der Waals surface area contributed by atoms with E-state index in [4.69, 9.17) is 0 Å². The summed E-state index contributed by atoms with van der Waals surface area (Å²) in [7, 11) is -4.33. The standard InChI is InChI=1S/C17H18N2O6S/c1-3-13-7-9-14(10-8-13)18(12(2)17(20)21)26(24,25)16-6-4-5-15(11-16)19(22)23/h4-12H,3H2,1-2H3,(H,20,21). The summed E-state index contributed by atoms with van der Waals surface area (Å²) in [4.78, 5) is 21.4. The number of carboxylic acid groups (broad SMARTS) is 1. The van der Waals surface area contributed by atoms with Gasteiger partial charge in [-0.3, -0.25) is 14.4 Å². The van der Waals surface area contributed by atoms with Crippen molar-refractivity contribution in [2.24, 2.45) is 0 Å². The Morgan fingerprint density at radius 2 is 1.85 bits per heavy atom. The van der Waals surface area contributed by atoms with Gasteiger partial charge in [0.05, 0.1) is 15.5 Å². The molecule has 0 aliphatic carbocycles. The number of non-ortho nitro benzene ring substituents is 1. The van der Waals surface area contributed by atoms with Crippen molar-refractivity contribution < 1.29 is 23.2 Å². The third kappa shape index (κ3) is 3.83. The van der Waals surface area contributed by atoms with Crippen LogP contribution in [-0.4, -0.2) is 30.5 Å². The van der Waals surface area contributed by atoms with Crippen molar-refractivity contribution in [1.82, 2.24) is 0 Å². The zero-order valence-electron chi connectivity index (χ0n) is 14.2. The van der Waals surface area contributed by atoms with Crippen LogP contribution in [0.25, 0.3) is 0 Å². The molecule has 1 unspecified atom stereocenters. The highest BCUT2D eigenvalue weighted by Crippen LogP contribution is 2.28. The minimum atomic E-state index is -4.33. The number of hydrogen-bond acceptors (Lipinski definition) is 5. The van der Waals surface area contributed by atoms with E-state index in [9.17, 15) is 28.4 Å². The van der Waals surface area contributed by atoms with Crippen molar-refractivity contribution in [1.29, 1.82) is 0 Å². The van der Waals surface area contributed by atoms with Gasteiger partial charge in [0.15, 0.2) is 0 Å². The molecule has 0 spiro atoms. The third-order valence-electron chi connectivity index (χ3n) is 3.89. The number of benzene rings is 2. The highest BCUT2D eigenvalue weighted by atomic mass is 32.2. The van der Waals surface area contributed by atoms with Crippen LogP contribution in [0.3, 0.4) is 0 Å². The molecule has 0 saturated carbocycles. The Morgan fingerprint density at radius 3 is 2.35 bits per heavy atom. The summed E-state index contributed by atoms with van der Waals surface area (Å²) in [5, 5.41) is 20.3. The number of anilines is 1. The summed E-state index contributed by atoms with van der Waals surface area (Å²) >= 11 is 0. The Kier molecular flexibility index (Phi) is 5.61. The largest absolute Gasteiger partial charge is 0.480 e. The molecule has 0 radical (unpaired) electrons. The van der Waals surface area contributed by atoms with E-state index in [1.807, 2.05) is 6.92 Å². The molecule has 26 heavy (non-hydrogen) atoms. The highest BCUT2D eigenvalue weighted by Gasteiger charge is 2.34. The first-order chi connectivity index (χ1) is 12.2. The number of rotatable bonds is 7. The van der Waals surface area contributed by atoms with Crippen LogP contribution in [0.5, 0.6) is 0 Å². The second-order valence-corrected chi connectivity index (χ2v) is 7.40. The molecule has 9 heteroatoms. The smallest absolute Gasteiger partial charge is 0.327 e. The fourth-order valence-corrected chi connectivity index (χ4v) is 4.07. The van der Waals surface area contributed by atoms with Crippen molar-refractivity contribution in [3.63, 3.8) is 0 Å². The predicted molar refractivity (Wildman–Crippen MR) is 95.7 cm³/mol. The first kappa shape index (κ1) is 19.4. The molecule has 8 nitrogen and oxygen atoms in total. The van der Waals surface area contributed by atoms with Gasteiger partial charge in [0.2, 0.25) is 0 Å². The molecule has 2 aromatic carbocycles. The fourth-order valence-electron chi connectivity index (χ4n) is 2.42. The van der Waals surface area contributed by atoms with Gasteiger partial charge in [0, 0.05) is 12.1 Å². The Balaban J connectivity index is 2.61. The number of aliphatic carboxylic acids is 1. The fraction of sp³-hybridized carbons (Fsp3) is 0.235. The summed E-state index contributed by atoms with van der Waals surface area (Å²) in [6.45, 7) is 3.18. The van der Waals surface area contributed by atoms with Crippen molar-refractivity contribution in [2.45, 2.75) is 31.2 Å². The summed E-state index contributed by atoms with van der Waals surface area (Å²) in [6.07, 6.45) is 0.742. The molecule has 0 saturated heterocycles. The number of sulfonamides is 1. The molecule has 1 N–H and O–H groups in total. The van der Waals surface area contributed by atoms with Crippen LogP contribution in [0.4, 0.5) is 11.4 Å². The number of carbonyl (C=O) groups is 1. The Labute approximate surface area is 150 Å². The molecular weight excluding hydrogens is 360 g/mol. The van der Waals surface area contributed by atoms with Crippen LogP contribution >= 0.6 is 0 Å². The Bertz CT molecular complexity index is 925. The lowest BCUT2D eigenvalue weighted by Gasteiger charge is -2.28. The number of carboxylic acids is 1. The zero-order valence-corrected chi connectivity index (χ0v) is 15.0. The monoisotopic (exact) mass is 378 g/mol. The second-order valence-electron chi connectivity index (χ2n) is 5.59. The van der Waals surface area contributed by atoms with Gasteiger partial charge in [-0.1, -0.05) is 25.1 Å². The summed E-state index contributed by atoms with van der Waals surface area (Å²) in [5.41, 5.74) is 0.739. The summed E-state index contributed by atoms with van der Waals surface area (Å²) in [5.74, 6) is -1.33. The van der Waals surface area contributed by atoms with Gasteiger partial charge in [-0.05, 0) is 37.1 Å². The molecule has 0 fully saturated rings. The first-order valence-corrected chi connectivity index (χ1v) is 9.23. The van der Waals surface area contributed by atoms with Crippen molar-refractivity contribution in [3.05, 3.63) is 64.2 Å². The van der Waals surface area contributed by atoms with Crippen LogP contribution in [0.2, 0.25) is 0 Å². The summed E-state index contributed by atoms with van der Waals surface area (Å²) < 4.78 is 26.9. The Morgan fingerprint density at radius 1 is 1.23 bits per heavy atom. The molecule has 2 aromatic rings. The molecule has 1 atom stereocenters. The van der Waals surface area contributed by atoms with Crippen molar-refractivity contribution in [3.8, 4) is 0 Å². The van der Waals surface area contributed by atoms with E-state index in [-0.39, 0.29) is 10.6 Å². The number of aryl methyl sites for hydroxylation is 1. The van der Waals surface area contributed by atoms with E-state index >= 15 is 0 Å². The highest BCUT2D eigenvalue weighted by molar-refractivity contribution is 7.93. The first-order valence-electron chi connectivity index (χ1n) is 7.79. The van der Waals surface area contributed by atoms with Crippen molar-refractivity contribution >= 4 is 27.4 Å². The van der Waals surface area contributed by atoms with Crippen LogP contribution in [0.15, 0.2) is 53.4 Å². The van der Waals surface area contributed by atoms with Crippen LogP contribution in [0.1, 0.15) is 19.4 Å². The molecule has 0 aliphatic heterocycles.